The Hall–Kier alpha value is -3.14. The van der Waals surface area contributed by atoms with Crippen molar-refractivity contribution < 1.29 is 55.4 Å². The first kappa shape index (κ1) is 34.7. The molecule has 2 aliphatic heterocycles. The first-order valence-electron chi connectivity index (χ1n) is 14.4. The van der Waals surface area contributed by atoms with E-state index in [0.717, 1.165) is 4.90 Å². The van der Waals surface area contributed by atoms with E-state index in [9.17, 15) is 45.5 Å². The van der Waals surface area contributed by atoms with Crippen molar-refractivity contribution in [2.75, 3.05) is 23.6 Å². The normalized spacial score (nSPS) is 30.3. The number of fused-ring (bicyclic) bond motifs is 4. The van der Waals surface area contributed by atoms with Crippen LogP contribution in [0.15, 0.2) is 54.1 Å². The Morgan fingerprint density at radius 2 is 1.50 bits per heavy atom. The summed E-state index contributed by atoms with van der Waals surface area (Å²) in [5, 5.41) is 9.09. The van der Waals surface area contributed by atoms with Crippen LogP contribution in [0.3, 0.4) is 0 Å². The number of aliphatic hydroxyl groups excluding tert-OH is 1. The fraction of sp³-hybridized carbons (Fsp3) is 0.419. The molecule has 17 heteroatoms. The standard InChI is InChI=1S/C31H23BrCl2F6N2O6/c32-13-41-26(46)28(33)12-21-19(23(29(28,34)27(41)47)14-1-3-18(4-2-14)48-8-7-43)5-6-20-22(21)25(45)42(24(20)44)17-10-15(30(35,36)37)9-16(11-17)31(38,39)40/h1-5,9-11,20-23,43H,6-8,12-13H2. The first-order valence-corrected chi connectivity index (χ1v) is 16.3. The predicted octanol–water partition coefficient (Wildman–Crippen LogP) is 6.01. The molecule has 2 aliphatic carbocycles. The molecule has 4 aliphatic rings. The minimum atomic E-state index is -5.23. The fourth-order valence-electron chi connectivity index (χ4n) is 7.37. The number of benzene rings is 2. The number of alkyl halides is 9. The molecule has 3 fully saturated rings. The molecule has 6 atom stereocenters. The van der Waals surface area contributed by atoms with E-state index in [1.807, 2.05) is 0 Å². The van der Waals surface area contributed by atoms with Crippen molar-refractivity contribution in [3.05, 3.63) is 70.8 Å². The highest BCUT2D eigenvalue weighted by atomic mass is 79.9. The van der Waals surface area contributed by atoms with Gasteiger partial charge >= 0.3 is 12.4 Å². The van der Waals surface area contributed by atoms with Gasteiger partial charge in [0.25, 0.3) is 11.8 Å². The van der Waals surface area contributed by atoms with E-state index >= 15 is 0 Å². The Morgan fingerprint density at radius 1 is 0.896 bits per heavy atom. The summed E-state index contributed by atoms with van der Waals surface area (Å²) in [7, 11) is 0. The summed E-state index contributed by atoms with van der Waals surface area (Å²) >= 11 is 17.4. The first-order chi connectivity index (χ1) is 22.4. The molecule has 2 heterocycles. The fourth-order valence-corrected chi connectivity index (χ4v) is 8.79. The number of imide groups is 2. The molecular formula is C31H23BrCl2F6N2O6. The number of amides is 4. The number of ether oxygens (including phenoxy) is 1. The van der Waals surface area contributed by atoms with Gasteiger partial charge in [0.05, 0.1) is 40.7 Å². The molecule has 48 heavy (non-hydrogen) atoms. The number of nitrogens with zero attached hydrogens (tertiary/aromatic N) is 2. The number of rotatable bonds is 6. The van der Waals surface area contributed by atoms with Gasteiger partial charge in [-0.05, 0) is 54.7 Å². The Bertz CT molecular complexity index is 1720. The van der Waals surface area contributed by atoms with E-state index in [2.05, 4.69) is 15.9 Å². The molecule has 4 amide bonds. The van der Waals surface area contributed by atoms with Crippen molar-refractivity contribution >= 4 is 68.4 Å². The average molecular weight is 784 g/mol. The minimum absolute atomic E-state index is 0.0144. The summed E-state index contributed by atoms with van der Waals surface area (Å²) < 4.78 is 87.5. The zero-order valence-electron chi connectivity index (χ0n) is 24.2. The van der Waals surface area contributed by atoms with Gasteiger partial charge in [-0.2, -0.15) is 26.3 Å². The van der Waals surface area contributed by atoms with Gasteiger partial charge in [0.2, 0.25) is 11.8 Å². The molecule has 8 nitrogen and oxygen atoms in total. The van der Waals surface area contributed by atoms with E-state index in [0.29, 0.717) is 33.9 Å². The van der Waals surface area contributed by atoms with Crippen LogP contribution in [0.25, 0.3) is 0 Å². The number of anilines is 1. The van der Waals surface area contributed by atoms with Crippen LogP contribution in [0.1, 0.15) is 35.4 Å². The predicted molar refractivity (Wildman–Crippen MR) is 161 cm³/mol. The van der Waals surface area contributed by atoms with Gasteiger partial charge in [-0.15, -0.1) is 23.2 Å². The SMILES string of the molecule is O=C1C2CC=C3C(CC4(Cl)C(=O)N(CBr)C(=O)C4(Cl)C3c3ccc(OCCO)cc3)C2C(=O)N1c1cc(C(F)(F)F)cc(C(F)(F)F)c1. The molecule has 6 unspecified atom stereocenters. The maximum Gasteiger partial charge on any atom is 0.416 e. The van der Waals surface area contributed by atoms with Crippen LogP contribution in [0.5, 0.6) is 5.75 Å². The highest BCUT2D eigenvalue weighted by Crippen LogP contribution is 2.65. The van der Waals surface area contributed by atoms with Gasteiger partial charge in [-0.3, -0.25) is 24.1 Å². The second-order valence-corrected chi connectivity index (χ2v) is 13.6. The van der Waals surface area contributed by atoms with Gasteiger partial charge in [0, 0.05) is 5.92 Å². The lowest BCUT2D eigenvalue weighted by Crippen LogP contribution is -2.60. The van der Waals surface area contributed by atoms with Crippen molar-refractivity contribution in [2.45, 2.75) is 40.9 Å². The summed E-state index contributed by atoms with van der Waals surface area (Å²) in [5.74, 6) is -8.24. The number of allylic oxidation sites excluding steroid dienone is 2. The minimum Gasteiger partial charge on any atom is -0.491 e. The Morgan fingerprint density at radius 3 is 2.04 bits per heavy atom. The Kier molecular flexibility index (Phi) is 8.49. The number of carbonyl (C=O) groups excluding carboxylic acids is 4. The number of carbonyl (C=O) groups is 4. The largest absolute Gasteiger partial charge is 0.491 e. The molecular weight excluding hydrogens is 761 g/mol. The van der Waals surface area contributed by atoms with Crippen molar-refractivity contribution in [1.29, 1.82) is 0 Å². The van der Waals surface area contributed by atoms with E-state index in [1.165, 1.54) is 12.1 Å². The second kappa shape index (κ2) is 11.7. The number of hydrogen-bond donors (Lipinski definition) is 1. The average Bonchev–Trinajstić information content (AvgIpc) is 3.36. The van der Waals surface area contributed by atoms with Crippen molar-refractivity contribution in [2.24, 2.45) is 17.8 Å². The molecule has 1 saturated carbocycles. The molecule has 2 saturated heterocycles. The van der Waals surface area contributed by atoms with E-state index in [4.69, 9.17) is 33.0 Å². The molecule has 256 valence electrons. The molecule has 0 bridgehead atoms. The van der Waals surface area contributed by atoms with E-state index in [1.54, 1.807) is 18.2 Å². The summed E-state index contributed by atoms with van der Waals surface area (Å²) in [4.78, 5) is 52.2. The van der Waals surface area contributed by atoms with Gasteiger partial charge < -0.3 is 9.84 Å². The molecule has 6 rings (SSSR count). The molecule has 2 aromatic rings. The number of hydrogen-bond acceptors (Lipinski definition) is 6. The summed E-state index contributed by atoms with van der Waals surface area (Å²) in [6.45, 7) is -0.276. The van der Waals surface area contributed by atoms with E-state index < -0.39 is 92.6 Å². The van der Waals surface area contributed by atoms with Crippen LogP contribution in [0, 0.1) is 17.8 Å². The maximum absolute atomic E-state index is 14.1. The summed E-state index contributed by atoms with van der Waals surface area (Å²) in [6.07, 6.45) is -9.49. The quantitative estimate of drug-likeness (QED) is 0.127. The molecule has 0 radical (unpaired) electrons. The number of halogens is 9. The third kappa shape index (κ3) is 5.06. The lowest BCUT2D eigenvalue weighted by Gasteiger charge is -2.50. The number of likely N-dealkylation sites (tertiary alicyclic amines) is 1. The van der Waals surface area contributed by atoms with Gasteiger partial charge in [-0.25, -0.2) is 4.90 Å². The van der Waals surface area contributed by atoms with Gasteiger partial charge in [-0.1, -0.05) is 39.7 Å². The van der Waals surface area contributed by atoms with Crippen LogP contribution < -0.4 is 9.64 Å². The Labute approximate surface area is 286 Å². The molecule has 1 N–H and O–H groups in total. The topological polar surface area (TPSA) is 104 Å². The van der Waals surface area contributed by atoms with Crippen LogP contribution in [-0.4, -0.2) is 62.1 Å². The van der Waals surface area contributed by atoms with Crippen LogP contribution in [0.4, 0.5) is 32.0 Å². The second-order valence-electron chi connectivity index (χ2n) is 11.9. The lowest BCUT2D eigenvalue weighted by molar-refractivity contribution is -0.143. The molecule has 0 spiro atoms. The zero-order chi connectivity index (χ0) is 35.1. The summed E-state index contributed by atoms with van der Waals surface area (Å²) in [6, 6.07) is 6.66. The van der Waals surface area contributed by atoms with Crippen LogP contribution in [0.2, 0.25) is 0 Å². The van der Waals surface area contributed by atoms with Crippen LogP contribution in [-0.2, 0) is 31.5 Å². The molecule has 2 aromatic carbocycles. The lowest BCUT2D eigenvalue weighted by atomic mass is 9.56. The van der Waals surface area contributed by atoms with Crippen molar-refractivity contribution in [3.63, 3.8) is 0 Å². The maximum atomic E-state index is 14.1. The van der Waals surface area contributed by atoms with Crippen molar-refractivity contribution in [3.8, 4) is 5.75 Å². The Balaban J connectivity index is 1.47. The zero-order valence-corrected chi connectivity index (χ0v) is 27.3. The van der Waals surface area contributed by atoms with E-state index in [-0.39, 0.29) is 31.2 Å². The van der Waals surface area contributed by atoms with Crippen LogP contribution >= 0.6 is 39.1 Å². The molecule has 0 aromatic heterocycles. The monoisotopic (exact) mass is 782 g/mol. The van der Waals surface area contributed by atoms with Gasteiger partial charge in [0.1, 0.15) is 12.4 Å². The highest BCUT2D eigenvalue weighted by Gasteiger charge is 2.76. The third-order valence-corrected chi connectivity index (χ3v) is 11.3. The highest BCUT2D eigenvalue weighted by molar-refractivity contribution is 9.09. The van der Waals surface area contributed by atoms with Gasteiger partial charge in [0.15, 0.2) is 9.75 Å². The smallest absolute Gasteiger partial charge is 0.416 e. The van der Waals surface area contributed by atoms with Crippen molar-refractivity contribution in [1.82, 2.24) is 4.90 Å². The number of aliphatic hydroxyl groups is 1. The summed E-state index contributed by atoms with van der Waals surface area (Å²) in [5.41, 5.74) is -3.85. The third-order valence-electron chi connectivity index (χ3n) is 9.42.